The highest BCUT2D eigenvalue weighted by molar-refractivity contribution is 5.97. The van der Waals surface area contributed by atoms with Crippen LogP contribution in [0.4, 0.5) is 0 Å². The lowest BCUT2D eigenvalue weighted by molar-refractivity contribution is 0.0767. The van der Waals surface area contributed by atoms with Gasteiger partial charge in [0.05, 0.1) is 12.6 Å². The number of ether oxygens (including phenoxy) is 1. The van der Waals surface area contributed by atoms with Gasteiger partial charge in [0.2, 0.25) is 0 Å². The van der Waals surface area contributed by atoms with Gasteiger partial charge in [0.15, 0.2) is 5.78 Å². The Kier molecular flexibility index (Phi) is 7.48. The van der Waals surface area contributed by atoms with Crippen LogP contribution in [-0.2, 0) is 4.74 Å². The van der Waals surface area contributed by atoms with Crippen LogP contribution in [-0.4, -0.2) is 31.6 Å². The summed E-state index contributed by atoms with van der Waals surface area (Å²) < 4.78 is 5.44. The second-order valence-electron chi connectivity index (χ2n) is 5.65. The lowest BCUT2D eigenvalue weighted by Crippen LogP contribution is -2.25. The van der Waals surface area contributed by atoms with Crippen molar-refractivity contribution in [2.45, 2.75) is 46.1 Å². The summed E-state index contributed by atoms with van der Waals surface area (Å²) in [6.07, 6.45) is 1.20. The summed E-state index contributed by atoms with van der Waals surface area (Å²) in [5.74, 6) is 0.642. The smallest absolute Gasteiger partial charge is 0.176 e. The van der Waals surface area contributed by atoms with Crippen molar-refractivity contribution < 1.29 is 9.53 Å². The Balaban J connectivity index is 2.25. The van der Waals surface area contributed by atoms with Crippen molar-refractivity contribution in [2.75, 3.05) is 19.7 Å². The average molecular weight is 277 g/mol. The lowest BCUT2D eigenvalue weighted by atomic mass is 10.0. The van der Waals surface area contributed by atoms with E-state index in [0.717, 1.165) is 25.1 Å². The third-order valence-corrected chi connectivity index (χ3v) is 3.13. The van der Waals surface area contributed by atoms with E-state index < -0.39 is 0 Å². The van der Waals surface area contributed by atoms with Crippen molar-refractivity contribution >= 4 is 5.78 Å². The average Bonchev–Trinajstić information content (AvgIpc) is 2.42. The van der Waals surface area contributed by atoms with E-state index in [-0.39, 0.29) is 11.9 Å². The third kappa shape index (κ3) is 6.31. The number of carbonyl (C=O) groups excluding carboxylic acids is 1. The van der Waals surface area contributed by atoms with E-state index in [9.17, 15) is 4.79 Å². The Bertz CT molecular complexity index is 396. The molecule has 0 amide bonds. The second kappa shape index (κ2) is 8.88. The van der Waals surface area contributed by atoms with Crippen LogP contribution in [0, 0.1) is 0 Å². The van der Waals surface area contributed by atoms with Gasteiger partial charge in [0.1, 0.15) is 0 Å². The van der Waals surface area contributed by atoms with E-state index >= 15 is 0 Å². The Morgan fingerprint density at radius 2 is 1.80 bits per heavy atom. The van der Waals surface area contributed by atoms with Crippen LogP contribution in [0.15, 0.2) is 24.3 Å². The Morgan fingerprint density at radius 1 is 1.15 bits per heavy atom. The number of hydrogen-bond acceptors (Lipinski definition) is 3. The molecule has 0 spiro atoms. The van der Waals surface area contributed by atoms with Gasteiger partial charge >= 0.3 is 0 Å². The largest absolute Gasteiger partial charge is 0.379 e. The summed E-state index contributed by atoms with van der Waals surface area (Å²) in [4.78, 5) is 12.0. The van der Waals surface area contributed by atoms with Crippen LogP contribution in [0.1, 0.15) is 56.0 Å². The number of Topliss-reactive ketones (excluding diaryl/α,β-unsaturated/α-hetero) is 1. The van der Waals surface area contributed by atoms with Gasteiger partial charge < -0.3 is 10.1 Å². The van der Waals surface area contributed by atoms with Crippen molar-refractivity contribution in [3.05, 3.63) is 35.4 Å². The second-order valence-corrected chi connectivity index (χ2v) is 5.65. The molecule has 0 bridgehead atoms. The van der Waals surface area contributed by atoms with Crippen LogP contribution in [0.3, 0.4) is 0 Å². The van der Waals surface area contributed by atoms with Gasteiger partial charge in [-0.15, -0.1) is 0 Å². The molecule has 0 aliphatic rings. The third-order valence-electron chi connectivity index (χ3n) is 3.13. The predicted octanol–water partition coefficient (Wildman–Crippen LogP) is 3.40. The highest BCUT2D eigenvalue weighted by Gasteiger charge is 2.06. The topological polar surface area (TPSA) is 38.3 Å². The molecule has 0 aliphatic carbocycles. The van der Waals surface area contributed by atoms with E-state index in [1.165, 1.54) is 5.56 Å². The molecular formula is C17H27NO2. The summed E-state index contributed by atoms with van der Waals surface area (Å²) in [7, 11) is 0. The minimum atomic E-state index is 0.144. The minimum absolute atomic E-state index is 0.144. The Morgan fingerprint density at radius 3 is 2.35 bits per heavy atom. The number of carbonyl (C=O) groups is 1. The summed E-state index contributed by atoms with van der Waals surface area (Å²) >= 11 is 0. The normalized spacial score (nSPS) is 11.3. The van der Waals surface area contributed by atoms with E-state index in [0.29, 0.717) is 12.5 Å². The molecule has 0 unspecified atom stereocenters. The molecule has 1 aromatic rings. The number of nitrogens with one attached hydrogen (secondary N) is 1. The molecule has 3 heteroatoms. The Hall–Kier alpha value is -1.19. The van der Waals surface area contributed by atoms with Crippen LogP contribution in [0.5, 0.6) is 0 Å². The first kappa shape index (κ1) is 16.9. The van der Waals surface area contributed by atoms with Gasteiger partial charge in [-0.1, -0.05) is 38.1 Å². The molecule has 1 rings (SSSR count). The minimum Gasteiger partial charge on any atom is -0.379 e. The monoisotopic (exact) mass is 277 g/mol. The summed E-state index contributed by atoms with van der Waals surface area (Å²) in [5.41, 5.74) is 2.04. The molecule has 0 atom stereocenters. The first-order valence-corrected chi connectivity index (χ1v) is 7.46. The molecule has 0 saturated carbocycles. The fourth-order valence-corrected chi connectivity index (χ4v) is 1.87. The maximum Gasteiger partial charge on any atom is 0.176 e. The molecule has 20 heavy (non-hydrogen) atoms. The van der Waals surface area contributed by atoms with Crippen molar-refractivity contribution in [2.24, 2.45) is 0 Å². The van der Waals surface area contributed by atoms with Gasteiger partial charge in [-0.3, -0.25) is 4.79 Å². The highest BCUT2D eigenvalue weighted by atomic mass is 16.5. The summed E-state index contributed by atoms with van der Waals surface area (Å²) in [6, 6.07) is 7.91. The molecular weight excluding hydrogens is 250 g/mol. The van der Waals surface area contributed by atoms with E-state index in [2.05, 4.69) is 19.2 Å². The van der Waals surface area contributed by atoms with E-state index in [1.807, 2.05) is 38.1 Å². The zero-order chi connectivity index (χ0) is 15.0. The van der Waals surface area contributed by atoms with Gasteiger partial charge in [0, 0.05) is 12.2 Å². The number of ketones is 1. The number of hydrogen-bond donors (Lipinski definition) is 1. The van der Waals surface area contributed by atoms with Gasteiger partial charge in [0.25, 0.3) is 0 Å². The molecule has 0 fully saturated rings. The van der Waals surface area contributed by atoms with E-state index in [4.69, 9.17) is 4.74 Å². The van der Waals surface area contributed by atoms with Crippen LogP contribution in [0.2, 0.25) is 0 Å². The number of rotatable bonds is 9. The first-order chi connectivity index (χ1) is 9.50. The Labute approximate surface area is 122 Å². The molecule has 0 aliphatic heterocycles. The zero-order valence-electron chi connectivity index (χ0n) is 13.1. The zero-order valence-corrected chi connectivity index (χ0v) is 13.1. The van der Waals surface area contributed by atoms with Gasteiger partial charge in [-0.25, -0.2) is 0 Å². The molecule has 1 aromatic carbocycles. The molecule has 0 aromatic heterocycles. The first-order valence-electron chi connectivity index (χ1n) is 7.46. The maximum absolute atomic E-state index is 12.0. The molecule has 3 nitrogen and oxygen atoms in total. The maximum atomic E-state index is 12.0. The summed E-state index contributed by atoms with van der Waals surface area (Å²) in [5, 5.41) is 3.17. The van der Waals surface area contributed by atoms with Gasteiger partial charge in [-0.05, 0) is 38.3 Å². The standard InChI is InChI=1S/C17H27NO2/c1-13(2)15-6-8-16(9-7-15)17(19)12-18-10-5-11-20-14(3)4/h6-9,13-14,18H,5,10-12H2,1-4H3. The molecule has 1 N–H and O–H groups in total. The van der Waals surface area contributed by atoms with Gasteiger partial charge in [-0.2, -0.15) is 0 Å². The quantitative estimate of drug-likeness (QED) is 0.555. The molecule has 112 valence electrons. The van der Waals surface area contributed by atoms with Crippen molar-refractivity contribution in [3.8, 4) is 0 Å². The van der Waals surface area contributed by atoms with Crippen molar-refractivity contribution in [3.63, 3.8) is 0 Å². The number of benzene rings is 1. The van der Waals surface area contributed by atoms with Crippen molar-refractivity contribution in [1.29, 1.82) is 0 Å². The lowest BCUT2D eigenvalue weighted by Gasteiger charge is -2.08. The predicted molar refractivity (Wildman–Crippen MR) is 83.4 cm³/mol. The van der Waals surface area contributed by atoms with E-state index in [1.54, 1.807) is 0 Å². The van der Waals surface area contributed by atoms with Crippen LogP contribution < -0.4 is 5.32 Å². The van der Waals surface area contributed by atoms with Crippen molar-refractivity contribution in [1.82, 2.24) is 5.32 Å². The molecule has 0 heterocycles. The summed E-state index contributed by atoms with van der Waals surface area (Å²) in [6.45, 7) is 10.3. The molecule has 0 radical (unpaired) electrons. The fraction of sp³-hybridized carbons (Fsp3) is 0.588. The fourth-order valence-electron chi connectivity index (χ4n) is 1.87. The molecule has 0 saturated heterocycles. The van der Waals surface area contributed by atoms with Crippen LogP contribution >= 0.6 is 0 Å². The SMILES string of the molecule is CC(C)OCCCNCC(=O)c1ccc(C(C)C)cc1. The van der Waals surface area contributed by atoms with Crippen LogP contribution in [0.25, 0.3) is 0 Å². The highest BCUT2D eigenvalue weighted by Crippen LogP contribution is 2.14.